The van der Waals surface area contributed by atoms with Crippen LogP contribution in [0.5, 0.6) is 11.5 Å². The quantitative estimate of drug-likeness (QED) is 0.392. The number of methoxy groups -OCH3 is 1. The van der Waals surface area contributed by atoms with Crippen LogP contribution in [0.1, 0.15) is 11.1 Å². The van der Waals surface area contributed by atoms with Gasteiger partial charge in [-0.2, -0.15) is 5.10 Å². The van der Waals surface area contributed by atoms with Crippen molar-refractivity contribution in [1.29, 1.82) is 0 Å². The van der Waals surface area contributed by atoms with Crippen molar-refractivity contribution in [3.8, 4) is 11.5 Å². The van der Waals surface area contributed by atoms with E-state index in [9.17, 15) is 9.90 Å². The second kappa shape index (κ2) is 9.12. The third kappa shape index (κ3) is 5.10. The number of nitrogens with one attached hydrogen (secondary N) is 2. The molecule has 2 aromatic rings. The van der Waals surface area contributed by atoms with E-state index in [-0.39, 0.29) is 18.2 Å². The largest absolute Gasteiger partial charge is 0.507 e. The summed E-state index contributed by atoms with van der Waals surface area (Å²) in [4.78, 5) is 11.9. The predicted octanol–water partition coefficient (Wildman–Crippen LogP) is 2.69. The Bertz CT molecular complexity index is 772. The molecular weight excluding hydrogens is 318 g/mol. The molecular formula is C19H21N3O3. The standard InChI is InChI=1S/C19H21N3O3/c1-3-7-14-8-6-9-15(19(14)24)12-21-22-18(23)13-20-16-10-4-5-11-17(16)25-2/h3-6,8-12,20,24H,1,7,13H2,2H3,(H,22,23)/b21-12+. The minimum Gasteiger partial charge on any atom is -0.507 e. The summed E-state index contributed by atoms with van der Waals surface area (Å²) in [5.41, 5.74) is 4.41. The van der Waals surface area contributed by atoms with E-state index >= 15 is 0 Å². The van der Waals surface area contributed by atoms with Crippen molar-refractivity contribution in [1.82, 2.24) is 5.43 Å². The molecule has 0 aliphatic carbocycles. The van der Waals surface area contributed by atoms with Crippen LogP contribution in [-0.4, -0.2) is 30.9 Å². The lowest BCUT2D eigenvalue weighted by molar-refractivity contribution is -0.119. The molecule has 0 fully saturated rings. The van der Waals surface area contributed by atoms with Crippen LogP contribution in [0.15, 0.2) is 60.2 Å². The number of aromatic hydroxyl groups is 1. The van der Waals surface area contributed by atoms with Gasteiger partial charge in [-0.15, -0.1) is 6.58 Å². The number of hydrogen-bond donors (Lipinski definition) is 3. The Balaban J connectivity index is 1.90. The fourth-order valence-corrected chi connectivity index (χ4v) is 2.22. The summed E-state index contributed by atoms with van der Waals surface area (Å²) >= 11 is 0. The van der Waals surface area contributed by atoms with Crippen LogP contribution in [0.3, 0.4) is 0 Å². The molecule has 0 saturated carbocycles. The number of benzene rings is 2. The molecule has 0 radical (unpaired) electrons. The number of rotatable bonds is 8. The highest BCUT2D eigenvalue weighted by Gasteiger charge is 2.05. The fraction of sp³-hybridized carbons (Fsp3) is 0.158. The van der Waals surface area contributed by atoms with Gasteiger partial charge in [0.15, 0.2) is 0 Å². The Morgan fingerprint density at radius 3 is 2.84 bits per heavy atom. The summed E-state index contributed by atoms with van der Waals surface area (Å²) < 4.78 is 5.20. The molecule has 0 aliphatic heterocycles. The zero-order valence-corrected chi connectivity index (χ0v) is 14.0. The molecule has 0 spiro atoms. The van der Waals surface area contributed by atoms with E-state index in [4.69, 9.17) is 4.74 Å². The number of carbonyl (C=O) groups excluding carboxylic acids is 1. The van der Waals surface area contributed by atoms with E-state index in [0.29, 0.717) is 17.7 Å². The first-order valence-electron chi connectivity index (χ1n) is 7.76. The molecule has 0 aromatic heterocycles. The third-order valence-electron chi connectivity index (χ3n) is 3.45. The highest BCUT2D eigenvalue weighted by Crippen LogP contribution is 2.23. The molecule has 1 amide bonds. The number of hydrogen-bond acceptors (Lipinski definition) is 5. The fourth-order valence-electron chi connectivity index (χ4n) is 2.22. The molecule has 0 bridgehead atoms. The molecule has 0 saturated heterocycles. The average molecular weight is 339 g/mol. The van der Waals surface area contributed by atoms with Crippen LogP contribution in [0, 0.1) is 0 Å². The number of hydrazone groups is 1. The molecule has 6 heteroatoms. The topological polar surface area (TPSA) is 83.0 Å². The smallest absolute Gasteiger partial charge is 0.259 e. The first kappa shape index (κ1) is 18.1. The van der Waals surface area contributed by atoms with Gasteiger partial charge in [0.25, 0.3) is 5.91 Å². The SMILES string of the molecule is C=CCc1cccc(/C=N/NC(=O)CNc2ccccc2OC)c1O. The van der Waals surface area contributed by atoms with Gasteiger partial charge in [-0.3, -0.25) is 4.79 Å². The highest BCUT2D eigenvalue weighted by atomic mass is 16.5. The minimum absolute atomic E-state index is 0.0419. The van der Waals surface area contributed by atoms with Gasteiger partial charge in [0.1, 0.15) is 11.5 Å². The number of allylic oxidation sites excluding steroid dienone is 1. The van der Waals surface area contributed by atoms with Crippen molar-refractivity contribution in [2.24, 2.45) is 5.10 Å². The molecule has 0 aliphatic rings. The minimum atomic E-state index is -0.316. The van der Waals surface area contributed by atoms with Gasteiger partial charge < -0.3 is 15.2 Å². The molecule has 3 N–H and O–H groups in total. The van der Waals surface area contributed by atoms with Gasteiger partial charge in [-0.25, -0.2) is 5.43 Å². The Morgan fingerprint density at radius 1 is 1.28 bits per heavy atom. The van der Waals surface area contributed by atoms with E-state index in [1.165, 1.54) is 6.21 Å². The van der Waals surface area contributed by atoms with Gasteiger partial charge in [0.05, 0.1) is 25.6 Å². The van der Waals surface area contributed by atoms with Crippen molar-refractivity contribution < 1.29 is 14.6 Å². The van der Waals surface area contributed by atoms with Crippen LogP contribution in [0.2, 0.25) is 0 Å². The zero-order valence-electron chi connectivity index (χ0n) is 14.0. The van der Waals surface area contributed by atoms with Crippen LogP contribution in [0.25, 0.3) is 0 Å². The second-order valence-corrected chi connectivity index (χ2v) is 5.19. The Kier molecular flexibility index (Phi) is 6.59. The first-order chi connectivity index (χ1) is 12.2. The van der Waals surface area contributed by atoms with Crippen molar-refractivity contribution in [2.75, 3.05) is 19.0 Å². The van der Waals surface area contributed by atoms with E-state index in [0.717, 1.165) is 11.3 Å². The van der Waals surface area contributed by atoms with Gasteiger partial charge >= 0.3 is 0 Å². The van der Waals surface area contributed by atoms with Crippen molar-refractivity contribution in [3.05, 3.63) is 66.2 Å². The number of anilines is 1. The average Bonchev–Trinajstić information content (AvgIpc) is 2.63. The lowest BCUT2D eigenvalue weighted by atomic mass is 10.1. The molecule has 25 heavy (non-hydrogen) atoms. The number of amides is 1. The molecule has 130 valence electrons. The van der Waals surface area contributed by atoms with Gasteiger partial charge in [0.2, 0.25) is 0 Å². The normalized spacial score (nSPS) is 10.4. The summed E-state index contributed by atoms with van der Waals surface area (Å²) in [5, 5.41) is 17.0. The predicted molar refractivity (Wildman–Crippen MR) is 99.2 cm³/mol. The van der Waals surface area contributed by atoms with E-state index < -0.39 is 0 Å². The Morgan fingerprint density at radius 2 is 2.08 bits per heavy atom. The Hall–Kier alpha value is -3.28. The number of nitrogens with zero attached hydrogens (tertiary/aromatic N) is 1. The molecule has 0 unspecified atom stereocenters. The third-order valence-corrected chi connectivity index (χ3v) is 3.45. The molecule has 0 atom stereocenters. The van der Waals surface area contributed by atoms with E-state index in [2.05, 4.69) is 22.4 Å². The summed E-state index contributed by atoms with van der Waals surface area (Å²) in [6, 6.07) is 12.6. The summed E-state index contributed by atoms with van der Waals surface area (Å²) in [6.45, 7) is 3.69. The molecule has 2 rings (SSSR count). The monoisotopic (exact) mass is 339 g/mol. The maximum Gasteiger partial charge on any atom is 0.259 e. The van der Waals surface area contributed by atoms with Crippen LogP contribution in [-0.2, 0) is 11.2 Å². The Labute approximate surface area is 146 Å². The van der Waals surface area contributed by atoms with Gasteiger partial charge in [0, 0.05) is 5.56 Å². The molecule has 2 aromatic carbocycles. The maximum atomic E-state index is 11.9. The maximum absolute atomic E-state index is 11.9. The number of carbonyl (C=O) groups is 1. The van der Waals surface area contributed by atoms with Gasteiger partial charge in [-0.05, 0) is 30.2 Å². The van der Waals surface area contributed by atoms with Crippen molar-refractivity contribution in [2.45, 2.75) is 6.42 Å². The summed E-state index contributed by atoms with van der Waals surface area (Å²) in [7, 11) is 1.57. The van der Waals surface area contributed by atoms with E-state index in [1.54, 1.807) is 25.3 Å². The zero-order chi connectivity index (χ0) is 18.1. The van der Waals surface area contributed by atoms with Crippen LogP contribution < -0.4 is 15.5 Å². The number of para-hydroxylation sites is 3. The van der Waals surface area contributed by atoms with Gasteiger partial charge in [-0.1, -0.05) is 30.3 Å². The van der Waals surface area contributed by atoms with Crippen LogP contribution in [0.4, 0.5) is 5.69 Å². The summed E-state index contributed by atoms with van der Waals surface area (Å²) in [6.07, 6.45) is 3.67. The number of phenolic OH excluding ortho intramolecular Hbond substituents is 1. The highest BCUT2D eigenvalue weighted by molar-refractivity contribution is 5.86. The lowest BCUT2D eigenvalue weighted by Crippen LogP contribution is -2.26. The lowest BCUT2D eigenvalue weighted by Gasteiger charge is -2.09. The number of ether oxygens (including phenoxy) is 1. The van der Waals surface area contributed by atoms with Crippen LogP contribution >= 0.6 is 0 Å². The van der Waals surface area contributed by atoms with Crippen molar-refractivity contribution >= 4 is 17.8 Å². The molecule has 0 heterocycles. The molecule has 6 nitrogen and oxygen atoms in total. The second-order valence-electron chi connectivity index (χ2n) is 5.19. The number of phenols is 1. The van der Waals surface area contributed by atoms with Crippen molar-refractivity contribution in [3.63, 3.8) is 0 Å². The first-order valence-corrected chi connectivity index (χ1v) is 7.76. The summed E-state index contributed by atoms with van der Waals surface area (Å²) in [5.74, 6) is 0.471. The van der Waals surface area contributed by atoms with E-state index in [1.807, 2.05) is 30.3 Å².